The molecule has 0 amide bonds. The standard InChI is InChI=1S/C25H36O3.CH4O/c1-5-20(18-26)16-19(2)23-13-6-7-15-25(3,4)22-12-8-10-21(17-22)11-9-14-24(27)28-23;1-2/h8-10,12,14,16-17,20,23,26H,5-7,11,13,15,18H2,1-4H3;2H,1H3/b14-9+,19-16-;/t20?,23-;/m0./s1. The van der Waals surface area contributed by atoms with E-state index >= 15 is 0 Å². The smallest absolute Gasteiger partial charge is 0.331 e. The lowest BCUT2D eigenvalue weighted by atomic mass is 9.79. The molecule has 30 heavy (non-hydrogen) atoms. The first-order valence-corrected chi connectivity index (χ1v) is 11.1. The highest BCUT2D eigenvalue weighted by molar-refractivity contribution is 5.82. The van der Waals surface area contributed by atoms with Gasteiger partial charge in [-0.1, -0.05) is 63.6 Å². The third kappa shape index (κ3) is 8.45. The number of aliphatic hydroxyl groups excluding tert-OH is 2. The number of benzene rings is 1. The van der Waals surface area contributed by atoms with Crippen molar-refractivity contribution in [3.8, 4) is 0 Å². The van der Waals surface area contributed by atoms with Crippen molar-refractivity contribution in [2.24, 2.45) is 5.92 Å². The van der Waals surface area contributed by atoms with Gasteiger partial charge < -0.3 is 14.9 Å². The Balaban J connectivity index is 0.00000218. The van der Waals surface area contributed by atoms with E-state index in [1.807, 2.05) is 13.0 Å². The van der Waals surface area contributed by atoms with Gasteiger partial charge in [0.05, 0.1) is 0 Å². The van der Waals surface area contributed by atoms with Crippen molar-refractivity contribution in [3.63, 3.8) is 0 Å². The Morgan fingerprint density at radius 2 is 2.03 bits per heavy atom. The first kappa shape index (κ1) is 26.1. The van der Waals surface area contributed by atoms with Gasteiger partial charge in [0.15, 0.2) is 0 Å². The monoisotopic (exact) mass is 416 g/mol. The molecule has 2 rings (SSSR count). The number of cyclic esters (lactones) is 1. The first-order valence-electron chi connectivity index (χ1n) is 11.1. The summed E-state index contributed by atoms with van der Waals surface area (Å²) in [5.74, 6) is -0.172. The lowest BCUT2D eigenvalue weighted by Crippen LogP contribution is -2.21. The predicted octanol–water partition coefficient (Wildman–Crippen LogP) is 5.12. The van der Waals surface area contributed by atoms with Gasteiger partial charge in [-0.15, -0.1) is 0 Å². The van der Waals surface area contributed by atoms with Crippen molar-refractivity contribution in [1.82, 2.24) is 0 Å². The Bertz CT molecular complexity index is 699. The number of hydrogen-bond donors (Lipinski definition) is 2. The van der Waals surface area contributed by atoms with Gasteiger partial charge >= 0.3 is 5.97 Å². The number of fused-ring (bicyclic) bond motifs is 2. The zero-order chi connectivity index (χ0) is 22.6. The fourth-order valence-corrected chi connectivity index (χ4v) is 3.79. The Hall–Kier alpha value is -1.91. The van der Waals surface area contributed by atoms with Crippen molar-refractivity contribution < 1.29 is 19.7 Å². The van der Waals surface area contributed by atoms with Gasteiger partial charge in [0.1, 0.15) is 6.10 Å². The summed E-state index contributed by atoms with van der Waals surface area (Å²) >= 11 is 0. The van der Waals surface area contributed by atoms with E-state index in [1.54, 1.807) is 6.08 Å². The highest BCUT2D eigenvalue weighted by atomic mass is 16.5. The second-order valence-electron chi connectivity index (χ2n) is 8.62. The Morgan fingerprint density at radius 1 is 1.30 bits per heavy atom. The average molecular weight is 417 g/mol. The van der Waals surface area contributed by atoms with E-state index in [2.05, 4.69) is 51.1 Å². The second-order valence-corrected chi connectivity index (χ2v) is 8.62. The summed E-state index contributed by atoms with van der Waals surface area (Å²) in [6.07, 6.45) is 10.9. The molecule has 2 bridgehead atoms. The third-order valence-electron chi connectivity index (χ3n) is 5.86. The fraction of sp³-hybridized carbons (Fsp3) is 0.577. The van der Waals surface area contributed by atoms with Crippen LogP contribution >= 0.6 is 0 Å². The molecule has 0 saturated heterocycles. The fourth-order valence-electron chi connectivity index (χ4n) is 3.79. The lowest BCUT2D eigenvalue weighted by Gasteiger charge is -2.27. The largest absolute Gasteiger partial charge is 0.455 e. The first-order chi connectivity index (χ1) is 14.4. The van der Waals surface area contributed by atoms with Crippen molar-refractivity contribution >= 4 is 5.97 Å². The van der Waals surface area contributed by atoms with Crippen LogP contribution in [0.1, 0.15) is 70.9 Å². The molecule has 0 saturated carbocycles. The summed E-state index contributed by atoms with van der Waals surface area (Å²) in [4.78, 5) is 12.3. The molecule has 2 N–H and O–H groups in total. The summed E-state index contributed by atoms with van der Waals surface area (Å²) in [5, 5.41) is 16.5. The molecule has 1 aromatic carbocycles. The van der Waals surface area contributed by atoms with E-state index in [-0.39, 0.29) is 30.0 Å². The number of esters is 1. The summed E-state index contributed by atoms with van der Waals surface area (Å²) in [5.41, 5.74) is 3.75. The minimum absolute atomic E-state index is 0.117. The van der Waals surface area contributed by atoms with Gasteiger partial charge in [-0.25, -0.2) is 4.79 Å². The van der Waals surface area contributed by atoms with Crippen molar-refractivity contribution in [2.45, 2.75) is 77.7 Å². The molecule has 4 nitrogen and oxygen atoms in total. The van der Waals surface area contributed by atoms with E-state index in [9.17, 15) is 9.90 Å². The van der Waals surface area contributed by atoms with Gasteiger partial charge in [0, 0.05) is 25.7 Å². The maximum absolute atomic E-state index is 12.3. The molecule has 1 aliphatic heterocycles. The van der Waals surface area contributed by atoms with Gasteiger partial charge in [-0.3, -0.25) is 0 Å². The Morgan fingerprint density at radius 3 is 2.70 bits per heavy atom. The highest BCUT2D eigenvalue weighted by Gasteiger charge is 2.22. The molecule has 168 valence electrons. The minimum atomic E-state index is -0.289. The number of carbonyl (C=O) groups is 1. The van der Waals surface area contributed by atoms with E-state index in [0.717, 1.165) is 51.2 Å². The van der Waals surface area contributed by atoms with Crippen LogP contribution in [0.4, 0.5) is 0 Å². The van der Waals surface area contributed by atoms with Crippen LogP contribution in [0, 0.1) is 5.92 Å². The molecule has 0 aromatic heterocycles. The molecule has 0 radical (unpaired) electrons. The quantitative estimate of drug-likeness (QED) is 0.528. The minimum Gasteiger partial charge on any atom is -0.455 e. The van der Waals surface area contributed by atoms with Crippen LogP contribution in [-0.4, -0.2) is 36.0 Å². The van der Waals surface area contributed by atoms with Gasteiger partial charge in [0.2, 0.25) is 0 Å². The topological polar surface area (TPSA) is 66.8 Å². The molecular weight excluding hydrogens is 376 g/mol. The van der Waals surface area contributed by atoms with Crippen LogP contribution in [-0.2, 0) is 21.4 Å². The van der Waals surface area contributed by atoms with Gasteiger partial charge in [-0.05, 0) is 61.1 Å². The van der Waals surface area contributed by atoms with Crippen LogP contribution in [0.2, 0.25) is 0 Å². The van der Waals surface area contributed by atoms with Crippen molar-refractivity contribution in [1.29, 1.82) is 0 Å². The van der Waals surface area contributed by atoms with Gasteiger partial charge in [0.25, 0.3) is 0 Å². The molecule has 1 heterocycles. The predicted molar refractivity (Wildman–Crippen MR) is 123 cm³/mol. The van der Waals surface area contributed by atoms with Crippen LogP contribution in [0.15, 0.2) is 48.1 Å². The molecule has 0 fully saturated rings. The number of aliphatic hydroxyl groups is 2. The molecule has 4 heteroatoms. The summed E-state index contributed by atoms with van der Waals surface area (Å²) in [6.45, 7) is 8.81. The van der Waals surface area contributed by atoms with Crippen LogP contribution in [0.5, 0.6) is 0 Å². The van der Waals surface area contributed by atoms with E-state index in [0.29, 0.717) is 0 Å². The molecular formula is C26H40O4. The normalized spacial score (nSPS) is 22.0. The SMILES string of the molecule is CCC(/C=C(/C)[C@@H]1CCCCC(C)(C)c2cccc(c2)C/C=C/C(=O)O1)CO.CO. The second kappa shape index (κ2) is 13.4. The molecule has 1 unspecified atom stereocenters. The lowest BCUT2D eigenvalue weighted by molar-refractivity contribution is -0.141. The van der Waals surface area contributed by atoms with E-state index in [4.69, 9.17) is 9.84 Å². The van der Waals surface area contributed by atoms with E-state index in [1.165, 1.54) is 11.1 Å². The Labute approximate surface area is 182 Å². The average Bonchev–Trinajstić information content (AvgIpc) is 2.75. The van der Waals surface area contributed by atoms with E-state index < -0.39 is 0 Å². The summed E-state index contributed by atoms with van der Waals surface area (Å²) in [6, 6.07) is 8.69. The number of allylic oxidation sites excluding steroid dienone is 1. The maximum Gasteiger partial charge on any atom is 0.331 e. The van der Waals surface area contributed by atoms with Crippen LogP contribution in [0.3, 0.4) is 0 Å². The van der Waals surface area contributed by atoms with Gasteiger partial charge in [-0.2, -0.15) is 0 Å². The van der Waals surface area contributed by atoms with Crippen molar-refractivity contribution in [2.75, 3.05) is 13.7 Å². The van der Waals surface area contributed by atoms with Crippen molar-refractivity contribution in [3.05, 3.63) is 59.2 Å². The molecule has 2 atom stereocenters. The summed E-state index contributed by atoms with van der Waals surface area (Å²) < 4.78 is 5.78. The number of rotatable bonds is 4. The number of hydrogen-bond acceptors (Lipinski definition) is 4. The highest BCUT2D eigenvalue weighted by Crippen LogP contribution is 2.31. The van der Waals surface area contributed by atoms with Crippen LogP contribution < -0.4 is 0 Å². The maximum atomic E-state index is 12.3. The molecule has 0 spiro atoms. The Kier molecular flexibility index (Phi) is 11.7. The van der Waals surface area contributed by atoms with Crippen LogP contribution in [0.25, 0.3) is 0 Å². The summed E-state index contributed by atoms with van der Waals surface area (Å²) in [7, 11) is 1.00. The zero-order valence-electron chi connectivity index (χ0n) is 19.4. The third-order valence-corrected chi connectivity index (χ3v) is 5.86. The number of carbonyl (C=O) groups excluding carboxylic acids is 1. The molecule has 0 aliphatic carbocycles. The molecule has 1 aromatic rings. The molecule has 1 aliphatic rings. The number of ether oxygens (including phenoxy) is 1. The zero-order valence-corrected chi connectivity index (χ0v) is 19.4.